The summed E-state index contributed by atoms with van der Waals surface area (Å²) in [4.78, 5) is 0. The normalized spacial score (nSPS) is 48.0. The van der Waals surface area contributed by atoms with Crippen LogP contribution in [-0.2, 0) is 0 Å². The predicted molar refractivity (Wildman–Crippen MR) is 30.1 cm³/mol. The van der Waals surface area contributed by atoms with Crippen molar-refractivity contribution in [1.29, 1.82) is 0 Å². The Bertz CT molecular complexity index is 66.1. The molecule has 7 heavy (non-hydrogen) atoms. The summed E-state index contributed by atoms with van der Waals surface area (Å²) in [5.74, 6) is 2.41. The lowest BCUT2D eigenvalue weighted by Gasteiger charge is -2.05. The summed E-state index contributed by atoms with van der Waals surface area (Å²) < 4.78 is 0. The number of rotatable bonds is 0. The van der Waals surface area contributed by atoms with E-state index in [9.17, 15) is 0 Å². The van der Waals surface area contributed by atoms with Crippen LogP contribution in [0.3, 0.4) is 0 Å². The van der Waals surface area contributed by atoms with Crippen LogP contribution in [0.15, 0.2) is 0 Å². The molecule has 0 unspecified atom stereocenters. The van der Waals surface area contributed by atoms with Gasteiger partial charge in [-0.1, -0.05) is 25.7 Å². The molecule has 0 spiro atoms. The second-order valence-electron chi connectivity index (χ2n) is 3.04. The largest absolute Gasteiger partial charge is 0.0530 e. The standard InChI is InChI=1S/C7H12/c1-2-4-7-5-6(7)3-1/h6-7H,1-5H2/t6-,7-/m1/s1. The maximum absolute atomic E-state index is 1.58. The van der Waals surface area contributed by atoms with E-state index in [4.69, 9.17) is 0 Å². The third-order valence-corrected chi connectivity index (χ3v) is 2.47. The molecule has 2 aliphatic rings. The second-order valence-corrected chi connectivity index (χ2v) is 3.04. The Morgan fingerprint density at radius 3 is 1.86 bits per heavy atom. The molecule has 0 nitrogen and oxygen atoms in total. The summed E-state index contributed by atoms with van der Waals surface area (Å²) in [5.41, 5.74) is 0. The van der Waals surface area contributed by atoms with Gasteiger partial charge < -0.3 is 0 Å². The molecule has 0 aliphatic heterocycles. The molecule has 2 atom stereocenters. The van der Waals surface area contributed by atoms with Crippen molar-refractivity contribution >= 4 is 0 Å². The van der Waals surface area contributed by atoms with Crippen molar-refractivity contribution < 1.29 is 0 Å². The fourth-order valence-corrected chi connectivity index (χ4v) is 1.83. The van der Waals surface area contributed by atoms with Crippen LogP contribution in [0.5, 0.6) is 0 Å². The monoisotopic (exact) mass is 96.1 g/mol. The van der Waals surface area contributed by atoms with E-state index in [0.717, 1.165) is 0 Å². The van der Waals surface area contributed by atoms with Crippen LogP contribution in [0.1, 0.15) is 32.1 Å². The van der Waals surface area contributed by atoms with Crippen LogP contribution < -0.4 is 0 Å². The Morgan fingerprint density at radius 1 is 0.857 bits per heavy atom. The van der Waals surface area contributed by atoms with Crippen LogP contribution in [0.25, 0.3) is 0 Å². The minimum absolute atomic E-state index is 1.20. The fraction of sp³-hybridized carbons (Fsp3) is 1.00. The third kappa shape index (κ3) is 0.568. The van der Waals surface area contributed by atoms with Crippen molar-refractivity contribution in [1.82, 2.24) is 0 Å². The first-order valence-corrected chi connectivity index (χ1v) is 3.47. The lowest BCUT2D eigenvalue weighted by Crippen LogP contribution is -1.91. The lowest BCUT2D eigenvalue weighted by molar-refractivity contribution is 0.480. The third-order valence-electron chi connectivity index (χ3n) is 2.47. The van der Waals surface area contributed by atoms with Gasteiger partial charge in [-0.15, -0.1) is 0 Å². The molecular formula is C7H12. The molecule has 0 aromatic heterocycles. The molecule has 0 heteroatoms. The maximum Gasteiger partial charge on any atom is -0.0383 e. The molecule has 0 bridgehead atoms. The van der Waals surface area contributed by atoms with Gasteiger partial charge in [0.1, 0.15) is 0 Å². The summed E-state index contributed by atoms with van der Waals surface area (Å²) in [7, 11) is 0. The molecular weight excluding hydrogens is 84.1 g/mol. The van der Waals surface area contributed by atoms with Gasteiger partial charge in [-0.3, -0.25) is 0 Å². The molecule has 0 N–H and O–H groups in total. The average molecular weight is 96.2 g/mol. The summed E-state index contributed by atoms with van der Waals surface area (Å²) >= 11 is 0. The van der Waals surface area contributed by atoms with Gasteiger partial charge in [-0.25, -0.2) is 0 Å². The van der Waals surface area contributed by atoms with E-state index >= 15 is 0 Å². The molecule has 0 radical (unpaired) electrons. The molecule has 0 aromatic carbocycles. The van der Waals surface area contributed by atoms with E-state index in [-0.39, 0.29) is 0 Å². The minimum Gasteiger partial charge on any atom is -0.0530 e. The van der Waals surface area contributed by atoms with E-state index < -0.39 is 0 Å². The summed E-state index contributed by atoms with van der Waals surface area (Å²) in [6.07, 6.45) is 7.76. The molecule has 0 saturated heterocycles. The minimum atomic E-state index is 1.20. The van der Waals surface area contributed by atoms with E-state index in [0.29, 0.717) is 0 Å². The summed E-state index contributed by atoms with van der Waals surface area (Å²) in [5, 5.41) is 0. The zero-order valence-electron chi connectivity index (χ0n) is 4.69. The van der Waals surface area contributed by atoms with Gasteiger partial charge in [0.2, 0.25) is 0 Å². The highest BCUT2D eigenvalue weighted by Crippen LogP contribution is 2.49. The first-order valence-electron chi connectivity index (χ1n) is 3.47. The quantitative estimate of drug-likeness (QED) is 0.433. The molecule has 0 amide bonds. The predicted octanol–water partition coefficient (Wildman–Crippen LogP) is 2.20. The number of hydrogen-bond donors (Lipinski definition) is 0. The zero-order chi connectivity index (χ0) is 4.69. The topological polar surface area (TPSA) is 0 Å². The first kappa shape index (κ1) is 3.94. The number of fused-ring (bicyclic) bond motifs is 1. The molecule has 2 rings (SSSR count). The molecule has 2 fully saturated rings. The maximum atomic E-state index is 1.58. The van der Waals surface area contributed by atoms with Crippen molar-refractivity contribution in [2.24, 2.45) is 11.8 Å². The second kappa shape index (κ2) is 1.24. The lowest BCUT2D eigenvalue weighted by atomic mass is 10.0. The van der Waals surface area contributed by atoms with E-state index in [1.165, 1.54) is 24.7 Å². The van der Waals surface area contributed by atoms with Gasteiger partial charge in [0.25, 0.3) is 0 Å². The Morgan fingerprint density at radius 2 is 1.43 bits per heavy atom. The van der Waals surface area contributed by atoms with Crippen LogP contribution >= 0.6 is 0 Å². The first-order chi connectivity index (χ1) is 3.47. The highest BCUT2D eigenvalue weighted by atomic mass is 14.4. The van der Waals surface area contributed by atoms with E-state index in [1.807, 2.05) is 0 Å². The summed E-state index contributed by atoms with van der Waals surface area (Å²) in [6, 6.07) is 0. The molecule has 2 aliphatic carbocycles. The Balaban J connectivity index is 1.95. The van der Waals surface area contributed by atoms with E-state index in [1.54, 1.807) is 19.3 Å². The number of hydrogen-bond acceptors (Lipinski definition) is 0. The Kier molecular flexibility index (Phi) is 0.697. The molecule has 40 valence electrons. The van der Waals surface area contributed by atoms with Crippen molar-refractivity contribution in [3.63, 3.8) is 0 Å². The van der Waals surface area contributed by atoms with Crippen LogP contribution in [-0.4, -0.2) is 0 Å². The Labute approximate surface area is 44.9 Å². The van der Waals surface area contributed by atoms with Gasteiger partial charge in [-0.2, -0.15) is 0 Å². The van der Waals surface area contributed by atoms with Crippen LogP contribution in [0.4, 0.5) is 0 Å². The van der Waals surface area contributed by atoms with E-state index in [2.05, 4.69) is 0 Å². The van der Waals surface area contributed by atoms with Gasteiger partial charge in [-0.05, 0) is 18.3 Å². The van der Waals surface area contributed by atoms with Crippen molar-refractivity contribution in [2.75, 3.05) is 0 Å². The molecule has 0 aromatic rings. The van der Waals surface area contributed by atoms with Gasteiger partial charge >= 0.3 is 0 Å². The highest BCUT2D eigenvalue weighted by Gasteiger charge is 2.37. The van der Waals surface area contributed by atoms with Crippen molar-refractivity contribution in [3.8, 4) is 0 Å². The SMILES string of the molecule is C1CC[C@@H]2C[C@H]2C1. The van der Waals surface area contributed by atoms with Crippen LogP contribution in [0, 0.1) is 11.8 Å². The highest BCUT2D eigenvalue weighted by molar-refractivity contribution is 4.88. The smallest absolute Gasteiger partial charge is 0.0383 e. The van der Waals surface area contributed by atoms with Gasteiger partial charge in [0, 0.05) is 0 Å². The fourth-order valence-electron chi connectivity index (χ4n) is 1.83. The summed E-state index contributed by atoms with van der Waals surface area (Å²) in [6.45, 7) is 0. The van der Waals surface area contributed by atoms with Crippen molar-refractivity contribution in [2.45, 2.75) is 32.1 Å². The molecule has 2 saturated carbocycles. The van der Waals surface area contributed by atoms with Crippen LogP contribution in [0.2, 0.25) is 0 Å². The average Bonchev–Trinajstić information content (AvgIpc) is 2.41. The van der Waals surface area contributed by atoms with Gasteiger partial charge in [0.05, 0.1) is 0 Å². The zero-order valence-corrected chi connectivity index (χ0v) is 4.69. The van der Waals surface area contributed by atoms with Crippen molar-refractivity contribution in [3.05, 3.63) is 0 Å². The van der Waals surface area contributed by atoms with Gasteiger partial charge in [0.15, 0.2) is 0 Å². The Hall–Kier alpha value is 0. The molecule has 0 heterocycles.